The number of allylic oxidation sites excluding steroid dienone is 1. The van der Waals surface area contributed by atoms with Gasteiger partial charge >= 0.3 is 0 Å². The van der Waals surface area contributed by atoms with Crippen molar-refractivity contribution in [1.82, 2.24) is 0 Å². The van der Waals surface area contributed by atoms with Crippen molar-refractivity contribution in [2.45, 2.75) is 26.2 Å². The van der Waals surface area contributed by atoms with Crippen LogP contribution in [-0.2, 0) is 0 Å². The lowest BCUT2D eigenvalue weighted by atomic mass is 9.40. The minimum atomic E-state index is 0.374. The molecule has 0 heterocycles. The third kappa shape index (κ3) is 4.13. The maximum atomic E-state index is 2.35. The number of hydrogen-bond donors (Lipinski definition) is 0. The topological polar surface area (TPSA) is 0 Å². The van der Waals surface area contributed by atoms with E-state index in [1.807, 2.05) is 0 Å². The van der Waals surface area contributed by atoms with Crippen molar-refractivity contribution < 1.29 is 0 Å². The van der Waals surface area contributed by atoms with Crippen LogP contribution in [0.4, 0.5) is 0 Å². The predicted molar refractivity (Wildman–Crippen MR) is 86.6 cm³/mol. The Morgan fingerprint density at radius 3 is 1.84 bits per heavy atom. The van der Waals surface area contributed by atoms with Gasteiger partial charge in [-0.3, -0.25) is 0 Å². The van der Waals surface area contributed by atoms with Gasteiger partial charge in [0, 0.05) is 0 Å². The first-order chi connectivity index (χ1) is 9.42. The molecule has 0 fully saturated rings. The molecule has 0 radical (unpaired) electrons. The standard InChI is InChI=1S/C18H21B/c1-2-3-4-11-16-19(17-12-7-5-8-13-17)18-14-9-6-10-15-18/h5-16H,2-4H2,1H3/b16-11+. The zero-order valence-corrected chi connectivity index (χ0v) is 11.6. The minimum absolute atomic E-state index is 0.374. The van der Waals surface area contributed by atoms with E-state index in [1.165, 1.54) is 30.2 Å². The Labute approximate surface area is 117 Å². The molecule has 0 aliphatic heterocycles. The lowest BCUT2D eigenvalue weighted by Gasteiger charge is -2.10. The molecule has 0 aromatic heterocycles. The highest BCUT2D eigenvalue weighted by atomic mass is 13.9. The molecular formula is C18H21B. The number of benzene rings is 2. The van der Waals surface area contributed by atoms with Gasteiger partial charge in [0.1, 0.15) is 0 Å². The molecule has 0 atom stereocenters. The van der Waals surface area contributed by atoms with E-state index < -0.39 is 0 Å². The molecule has 0 bridgehead atoms. The largest absolute Gasteiger partial charge is 0.233 e. The second-order valence-corrected chi connectivity index (χ2v) is 4.87. The van der Waals surface area contributed by atoms with Crippen molar-refractivity contribution in [3.05, 3.63) is 72.7 Å². The zero-order chi connectivity index (χ0) is 13.3. The van der Waals surface area contributed by atoms with Crippen LogP contribution in [-0.4, -0.2) is 6.71 Å². The van der Waals surface area contributed by atoms with Crippen molar-refractivity contribution in [2.75, 3.05) is 0 Å². The van der Waals surface area contributed by atoms with Gasteiger partial charge in [0.25, 0.3) is 0 Å². The lowest BCUT2D eigenvalue weighted by Crippen LogP contribution is -2.40. The first-order valence-corrected chi connectivity index (χ1v) is 7.18. The summed E-state index contributed by atoms with van der Waals surface area (Å²) in [5, 5.41) is 0. The quantitative estimate of drug-likeness (QED) is 0.541. The maximum Gasteiger partial charge on any atom is 0.233 e. The van der Waals surface area contributed by atoms with Crippen LogP contribution in [0.2, 0.25) is 0 Å². The van der Waals surface area contributed by atoms with E-state index in [1.54, 1.807) is 0 Å². The minimum Gasteiger partial charge on any atom is -0.109 e. The van der Waals surface area contributed by atoms with Gasteiger partial charge < -0.3 is 0 Å². The number of rotatable bonds is 6. The van der Waals surface area contributed by atoms with Crippen molar-refractivity contribution >= 4 is 17.6 Å². The maximum absolute atomic E-state index is 2.35. The van der Waals surface area contributed by atoms with Crippen LogP contribution in [0.15, 0.2) is 72.7 Å². The summed E-state index contributed by atoms with van der Waals surface area (Å²) in [5.74, 6) is 2.35. The Kier molecular flexibility index (Phi) is 5.49. The van der Waals surface area contributed by atoms with Crippen LogP contribution in [0.1, 0.15) is 26.2 Å². The molecule has 0 aliphatic carbocycles. The van der Waals surface area contributed by atoms with E-state index in [-0.39, 0.29) is 0 Å². The summed E-state index contributed by atoms with van der Waals surface area (Å²) >= 11 is 0. The SMILES string of the molecule is CCCC/C=C/B(c1ccccc1)c1ccccc1. The number of hydrogen-bond acceptors (Lipinski definition) is 0. The van der Waals surface area contributed by atoms with Crippen LogP contribution in [0.3, 0.4) is 0 Å². The number of unbranched alkanes of at least 4 members (excludes halogenated alkanes) is 2. The Morgan fingerprint density at radius 1 is 0.842 bits per heavy atom. The van der Waals surface area contributed by atoms with Crippen LogP contribution < -0.4 is 10.9 Å². The molecule has 96 valence electrons. The molecule has 0 saturated heterocycles. The van der Waals surface area contributed by atoms with E-state index >= 15 is 0 Å². The van der Waals surface area contributed by atoms with Crippen LogP contribution in [0, 0.1) is 0 Å². The Hall–Kier alpha value is -1.76. The fourth-order valence-corrected chi connectivity index (χ4v) is 2.29. The molecular weight excluding hydrogens is 227 g/mol. The molecule has 1 heteroatoms. The molecule has 0 saturated carbocycles. The van der Waals surface area contributed by atoms with Crippen LogP contribution in [0.25, 0.3) is 0 Å². The molecule has 2 aromatic rings. The second kappa shape index (κ2) is 7.63. The molecule has 0 nitrogen and oxygen atoms in total. The summed E-state index contributed by atoms with van der Waals surface area (Å²) in [6.07, 6.45) is 6.03. The summed E-state index contributed by atoms with van der Waals surface area (Å²) in [6.45, 7) is 2.61. The Bertz CT molecular complexity index is 448. The van der Waals surface area contributed by atoms with E-state index in [4.69, 9.17) is 0 Å². The van der Waals surface area contributed by atoms with E-state index in [0.29, 0.717) is 6.71 Å². The Balaban J connectivity index is 2.22. The second-order valence-electron chi connectivity index (χ2n) is 4.87. The van der Waals surface area contributed by atoms with Gasteiger partial charge in [0.2, 0.25) is 6.71 Å². The van der Waals surface area contributed by atoms with Gasteiger partial charge in [-0.2, -0.15) is 0 Å². The van der Waals surface area contributed by atoms with Crippen molar-refractivity contribution in [3.8, 4) is 0 Å². The predicted octanol–water partition coefficient (Wildman–Crippen LogP) is 3.58. The van der Waals surface area contributed by atoms with Gasteiger partial charge in [0.05, 0.1) is 0 Å². The fourth-order valence-electron chi connectivity index (χ4n) is 2.29. The third-order valence-corrected chi connectivity index (χ3v) is 3.37. The summed E-state index contributed by atoms with van der Waals surface area (Å²) < 4.78 is 0. The molecule has 0 unspecified atom stereocenters. The van der Waals surface area contributed by atoms with E-state index in [9.17, 15) is 0 Å². The molecule has 0 amide bonds. The summed E-state index contributed by atoms with van der Waals surface area (Å²) in [4.78, 5) is 0. The highest BCUT2D eigenvalue weighted by Gasteiger charge is 2.14. The van der Waals surface area contributed by atoms with Crippen LogP contribution in [0.5, 0.6) is 0 Å². The van der Waals surface area contributed by atoms with Crippen LogP contribution >= 0.6 is 0 Å². The Morgan fingerprint density at radius 2 is 1.37 bits per heavy atom. The highest BCUT2D eigenvalue weighted by molar-refractivity contribution is 6.89. The van der Waals surface area contributed by atoms with E-state index in [0.717, 1.165) is 0 Å². The van der Waals surface area contributed by atoms with Gasteiger partial charge in [-0.15, -0.1) is 5.98 Å². The first kappa shape index (κ1) is 13.7. The molecule has 2 rings (SSSR count). The highest BCUT2D eigenvalue weighted by Crippen LogP contribution is 1.99. The van der Waals surface area contributed by atoms with Crippen molar-refractivity contribution in [3.63, 3.8) is 0 Å². The monoisotopic (exact) mass is 248 g/mol. The zero-order valence-electron chi connectivity index (χ0n) is 11.6. The lowest BCUT2D eigenvalue weighted by molar-refractivity contribution is 0.815. The average molecular weight is 248 g/mol. The van der Waals surface area contributed by atoms with Gasteiger partial charge in [-0.1, -0.05) is 97.4 Å². The van der Waals surface area contributed by atoms with E-state index in [2.05, 4.69) is 79.6 Å². The van der Waals surface area contributed by atoms with Gasteiger partial charge in [-0.05, 0) is 6.42 Å². The van der Waals surface area contributed by atoms with Crippen molar-refractivity contribution in [2.24, 2.45) is 0 Å². The average Bonchev–Trinajstić information content (AvgIpc) is 2.49. The molecule has 0 spiro atoms. The summed E-state index contributed by atoms with van der Waals surface area (Å²) in [5.41, 5.74) is 2.72. The normalized spacial score (nSPS) is 10.8. The molecule has 0 aliphatic rings. The molecule has 2 aromatic carbocycles. The van der Waals surface area contributed by atoms with Gasteiger partial charge in [-0.25, -0.2) is 0 Å². The third-order valence-electron chi connectivity index (χ3n) is 3.37. The first-order valence-electron chi connectivity index (χ1n) is 7.18. The summed E-state index contributed by atoms with van der Waals surface area (Å²) in [7, 11) is 0. The van der Waals surface area contributed by atoms with Crippen molar-refractivity contribution in [1.29, 1.82) is 0 Å². The smallest absolute Gasteiger partial charge is 0.109 e. The molecule has 0 N–H and O–H groups in total. The van der Waals surface area contributed by atoms with Gasteiger partial charge in [0.15, 0.2) is 0 Å². The summed E-state index contributed by atoms with van der Waals surface area (Å²) in [6, 6.07) is 21.5. The fraction of sp³-hybridized carbons (Fsp3) is 0.222. The molecule has 19 heavy (non-hydrogen) atoms.